The summed E-state index contributed by atoms with van der Waals surface area (Å²) in [5, 5.41) is 8.62. The van der Waals surface area contributed by atoms with Crippen LogP contribution in [-0.2, 0) is 17.1 Å². The van der Waals surface area contributed by atoms with Gasteiger partial charge in [0.15, 0.2) is 0 Å². The highest BCUT2D eigenvalue weighted by Gasteiger charge is 2.28. The predicted octanol–water partition coefficient (Wildman–Crippen LogP) is 2.14. The molecule has 1 unspecified atom stereocenters. The van der Waals surface area contributed by atoms with Gasteiger partial charge in [0.05, 0.1) is 0 Å². The standard InChI is InChI=1S/C12H15F2NO2/c1-2-12(13,14)9-5-3-8(4-6-9)7-10(15)11(16)17/h3-6,10H,2,7,15H2,1H3,(H,16,17). The summed E-state index contributed by atoms with van der Waals surface area (Å²) in [6.45, 7) is 1.41. The third-order valence-corrected chi connectivity index (χ3v) is 2.59. The van der Waals surface area contributed by atoms with E-state index in [1.165, 1.54) is 31.2 Å². The maximum Gasteiger partial charge on any atom is 0.320 e. The molecule has 17 heavy (non-hydrogen) atoms. The zero-order valence-corrected chi connectivity index (χ0v) is 9.49. The number of rotatable bonds is 5. The fourth-order valence-electron chi connectivity index (χ4n) is 1.43. The van der Waals surface area contributed by atoms with Gasteiger partial charge < -0.3 is 10.8 Å². The van der Waals surface area contributed by atoms with Crippen molar-refractivity contribution in [1.82, 2.24) is 0 Å². The van der Waals surface area contributed by atoms with Gasteiger partial charge in [0.1, 0.15) is 6.04 Å². The van der Waals surface area contributed by atoms with Gasteiger partial charge in [-0.1, -0.05) is 31.2 Å². The molecule has 1 aromatic rings. The molecule has 0 heterocycles. The molecule has 3 nitrogen and oxygen atoms in total. The number of aliphatic carboxylic acids is 1. The minimum absolute atomic E-state index is 0.0624. The molecule has 0 aliphatic carbocycles. The van der Waals surface area contributed by atoms with E-state index in [0.717, 1.165) is 0 Å². The first-order valence-corrected chi connectivity index (χ1v) is 5.32. The third kappa shape index (κ3) is 3.49. The van der Waals surface area contributed by atoms with Gasteiger partial charge in [-0.15, -0.1) is 0 Å². The first-order chi connectivity index (χ1) is 7.86. The van der Waals surface area contributed by atoms with Crippen molar-refractivity contribution in [2.45, 2.75) is 31.7 Å². The Kier molecular flexibility index (Phi) is 4.17. The van der Waals surface area contributed by atoms with Crippen LogP contribution in [0.3, 0.4) is 0 Å². The molecule has 0 radical (unpaired) electrons. The van der Waals surface area contributed by atoms with Crippen LogP contribution in [0.1, 0.15) is 24.5 Å². The van der Waals surface area contributed by atoms with Crippen molar-refractivity contribution in [3.8, 4) is 0 Å². The van der Waals surface area contributed by atoms with Crippen molar-refractivity contribution in [2.24, 2.45) is 5.73 Å². The van der Waals surface area contributed by atoms with Gasteiger partial charge >= 0.3 is 5.97 Å². The van der Waals surface area contributed by atoms with Crippen LogP contribution in [0.25, 0.3) is 0 Å². The molecule has 0 saturated heterocycles. The minimum Gasteiger partial charge on any atom is -0.480 e. The fraction of sp³-hybridized carbons (Fsp3) is 0.417. The van der Waals surface area contributed by atoms with Crippen LogP contribution < -0.4 is 5.73 Å². The topological polar surface area (TPSA) is 63.3 Å². The molecule has 5 heteroatoms. The molecule has 0 saturated carbocycles. The lowest BCUT2D eigenvalue weighted by atomic mass is 10.0. The Bertz CT molecular complexity index is 390. The summed E-state index contributed by atoms with van der Waals surface area (Å²) in [4.78, 5) is 10.5. The van der Waals surface area contributed by atoms with E-state index < -0.39 is 17.9 Å². The van der Waals surface area contributed by atoms with Gasteiger partial charge in [-0.05, 0) is 12.0 Å². The Morgan fingerprint density at radius 1 is 1.41 bits per heavy atom. The van der Waals surface area contributed by atoms with Gasteiger partial charge in [0.2, 0.25) is 0 Å². The molecule has 0 amide bonds. The van der Waals surface area contributed by atoms with E-state index in [0.29, 0.717) is 5.56 Å². The van der Waals surface area contributed by atoms with Gasteiger partial charge in [-0.2, -0.15) is 0 Å². The molecule has 1 atom stereocenters. The Morgan fingerprint density at radius 3 is 2.35 bits per heavy atom. The lowest BCUT2D eigenvalue weighted by molar-refractivity contribution is -0.138. The predicted molar refractivity (Wildman–Crippen MR) is 59.9 cm³/mol. The molecular weight excluding hydrogens is 228 g/mol. The van der Waals surface area contributed by atoms with Crippen LogP contribution in [-0.4, -0.2) is 17.1 Å². The van der Waals surface area contributed by atoms with E-state index in [9.17, 15) is 13.6 Å². The quantitative estimate of drug-likeness (QED) is 0.832. The van der Waals surface area contributed by atoms with Crippen molar-refractivity contribution >= 4 is 5.97 Å². The molecule has 94 valence electrons. The van der Waals surface area contributed by atoms with Crippen molar-refractivity contribution in [3.05, 3.63) is 35.4 Å². The van der Waals surface area contributed by atoms with E-state index in [-0.39, 0.29) is 18.4 Å². The van der Waals surface area contributed by atoms with Crippen LogP contribution in [0.15, 0.2) is 24.3 Å². The monoisotopic (exact) mass is 243 g/mol. The second-order valence-electron chi connectivity index (χ2n) is 3.90. The molecule has 0 aliphatic rings. The largest absolute Gasteiger partial charge is 0.480 e. The number of hydrogen-bond donors (Lipinski definition) is 2. The lowest BCUT2D eigenvalue weighted by Gasteiger charge is -2.15. The van der Waals surface area contributed by atoms with Crippen LogP contribution >= 0.6 is 0 Å². The van der Waals surface area contributed by atoms with Crippen molar-refractivity contribution in [3.63, 3.8) is 0 Å². The number of hydrogen-bond acceptors (Lipinski definition) is 2. The van der Waals surface area contributed by atoms with Crippen LogP contribution in [0, 0.1) is 0 Å². The highest BCUT2D eigenvalue weighted by atomic mass is 19.3. The van der Waals surface area contributed by atoms with Crippen molar-refractivity contribution in [2.75, 3.05) is 0 Å². The normalized spacial score (nSPS) is 13.4. The Morgan fingerprint density at radius 2 is 1.94 bits per heavy atom. The lowest BCUT2D eigenvalue weighted by Crippen LogP contribution is -2.32. The molecule has 0 spiro atoms. The molecule has 0 aromatic heterocycles. The van der Waals surface area contributed by atoms with E-state index in [1.54, 1.807) is 0 Å². The van der Waals surface area contributed by atoms with E-state index in [2.05, 4.69) is 0 Å². The molecule has 3 N–H and O–H groups in total. The zero-order chi connectivity index (χ0) is 13.1. The molecule has 1 rings (SSSR count). The highest BCUT2D eigenvalue weighted by molar-refractivity contribution is 5.73. The molecule has 0 aliphatic heterocycles. The SMILES string of the molecule is CCC(F)(F)c1ccc(CC(N)C(=O)O)cc1. The Labute approximate surface area is 98.2 Å². The number of carbonyl (C=O) groups is 1. The maximum atomic E-state index is 13.3. The Balaban J connectivity index is 2.78. The summed E-state index contributed by atoms with van der Waals surface area (Å²) in [5.74, 6) is -3.94. The average molecular weight is 243 g/mol. The van der Waals surface area contributed by atoms with Gasteiger partial charge in [-0.3, -0.25) is 4.79 Å². The first-order valence-electron chi connectivity index (χ1n) is 5.32. The number of halogens is 2. The molecule has 0 fully saturated rings. The van der Waals surface area contributed by atoms with E-state index in [1.807, 2.05) is 0 Å². The third-order valence-electron chi connectivity index (χ3n) is 2.59. The summed E-state index contributed by atoms with van der Waals surface area (Å²) in [7, 11) is 0. The smallest absolute Gasteiger partial charge is 0.320 e. The van der Waals surface area contributed by atoms with Gasteiger partial charge in [0, 0.05) is 12.0 Å². The Hall–Kier alpha value is -1.49. The van der Waals surface area contributed by atoms with Crippen LogP contribution in [0.2, 0.25) is 0 Å². The summed E-state index contributed by atoms with van der Waals surface area (Å²) in [6.07, 6.45) is -0.131. The molecule has 0 bridgehead atoms. The second-order valence-corrected chi connectivity index (χ2v) is 3.90. The van der Waals surface area contributed by atoms with Gasteiger partial charge in [0.25, 0.3) is 5.92 Å². The van der Waals surface area contributed by atoms with E-state index >= 15 is 0 Å². The maximum absolute atomic E-state index is 13.3. The van der Waals surface area contributed by atoms with Crippen molar-refractivity contribution in [1.29, 1.82) is 0 Å². The summed E-state index contributed by atoms with van der Waals surface area (Å²) >= 11 is 0. The first kappa shape index (κ1) is 13.6. The molecule has 1 aromatic carbocycles. The number of carboxylic acids is 1. The summed E-state index contributed by atoms with van der Waals surface area (Å²) < 4.78 is 26.6. The molecular formula is C12H15F2NO2. The van der Waals surface area contributed by atoms with Crippen LogP contribution in [0.4, 0.5) is 8.78 Å². The minimum atomic E-state index is -2.84. The number of carboxylic acid groups (broad SMARTS) is 1. The summed E-state index contributed by atoms with van der Waals surface area (Å²) in [6, 6.07) is 4.59. The number of benzene rings is 1. The summed E-state index contributed by atoms with van der Waals surface area (Å²) in [5.41, 5.74) is 5.92. The van der Waals surface area contributed by atoms with Crippen LogP contribution in [0.5, 0.6) is 0 Å². The number of nitrogens with two attached hydrogens (primary N) is 1. The van der Waals surface area contributed by atoms with Crippen molar-refractivity contribution < 1.29 is 18.7 Å². The van der Waals surface area contributed by atoms with E-state index in [4.69, 9.17) is 10.8 Å². The second kappa shape index (κ2) is 5.23. The zero-order valence-electron chi connectivity index (χ0n) is 9.49. The number of alkyl halides is 2. The highest BCUT2D eigenvalue weighted by Crippen LogP contribution is 2.31. The average Bonchev–Trinajstić information content (AvgIpc) is 2.29. The fourth-order valence-corrected chi connectivity index (χ4v) is 1.43. The van der Waals surface area contributed by atoms with Gasteiger partial charge in [-0.25, -0.2) is 8.78 Å².